The third-order valence-electron chi connectivity index (χ3n) is 4.85. The van der Waals surface area contributed by atoms with E-state index in [1.54, 1.807) is 0 Å². The van der Waals surface area contributed by atoms with E-state index < -0.39 is 11.0 Å². The molecule has 90 valence electrons. The Kier molecular flexibility index (Phi) is 2.98. The van der Waals surface area contributed by atoms with Gasteiger partial charge in [0.15, 0.2) is 0 Å². The van der Waals surface area contributed by atoms with Crippen LogP contribution in [0, 0.1) is 16.7 Å². The quantitative estimate of drug-likeness (QED) is 0.776. The second-order valence-corrected chi connectivity index (χ2v) is 5.52. The van der Waals surface area contributed by atoms with Gasteiger partial charge in [0.25, 0.3) is 0 Å². The molecule has 2 aliphatic rings. The molecule has 0 aromatic heterocycles. The number of hydrogen-bond donors (Lipinski definition) is 1. The van der Waals surface area contributed by atoms with Crippen LogP contribution in [-0.4, -0.2) is 34.7 Å². The molecule has 3 heteroatoms. The van der Waals surface area contributed by atoms with Crippen molar-refractivity contribution in [3.8, 4) is 6.07 Å². The minimum atomic E-state index is -0.795. The van der Waals surface area contributed by atoms with Gasteiger partial charge in [-0.05, 0) is 39.2 Å². The van der Waals surface area contributed by atoms with E-state index in [0.29, 0.717) is 0 Å². The van der Waals surface area contributed by atoms with E-state index in [1.165, 1.54) is 12.8 Å². The van der Waals surface area contributed by atoms with Crippen LogP contribution in [0.3, 0.4) is 0 Å². The zero-order valence-corrected chi connectivity index (χ0v) is 10.4. The largest absolute Gasteiger partial charge is 0.387 e. The fourth-order valence-corrected chi connectivity index (χ4v) is 3.41. The lowest BCUT2D eigenvalue weighted by Gasteiger charge is -2.44. The minimum absolute atomic E-state index is 0.214. The summed E-state index contributed by atoms with van der Waals surface area (Å²) in [4.78, 5) is 2.38. The summed E-state index contributed by atoms with van der Waals surface area (Å²) in [5.41, 5.74) is -1.39. The van der Waals surface area contributed by atoms with Gasteiger partial charge in [0, 0.05) is 12.6 Å². The summed E-state index contributed by atoms with van der Waals surface area (Å²) in [5.74, 6) is 0. The summed E-state index contributed by atoms with van der Waals surface area (Å²) < 4.78 is 0. The fraction of sp³-hybridized carbons (Fsp3) is 0.923. The summed E-state index contributed by atoms with van der Waals surface area (Å²) in [7, 11) is 0. The topological polar surface area (TPSA) is 47.3 Å². The van der Waals surface area contributed by atoms with Crippen LogP contribution in [-0.2, 0) is 0 Å². The van der Waals surface area contributed by atoms with Crippen LogP contribution in [0.15, 0.2) is 0 Å². The summed E-state index contributed by atoms with van der Waals surface area (Å²) in [6, 6.07) is 2.58. The van der Waals surface area contributed by atoms with Crippen LogP contribution < -0.4 is 0 Å². The van der Waals surface area contributed by atoms with Crippen molar-refractivity contribution >= 4 is 0 Å². The van der Waals surface area contributed by atoms with Crippen molar-refractivity contribution in [2.24, 2.45) is 5.41 Å². The average molecular weight is 222 g/mol. The molecule has 2 rings (SSSR count). The maximum atomic E-state index is 10.9. The Balaban J connectivity index is 2.28. The Morgan fingerprint density at radius 1 is 1.50 bits per heavy atom. The van der Waals surface area contributed by atoms with E-state index in [9.17, 15) is 10.4 Å². The number of nitrogens with zero attached hydrogens (tertiary/aromatic N) is 2. The molecule has 0 aromatic rings. The Morgan fingerprint density at radius 2 is 2.25 bits per heavy atom. The van der Waals surface area contributed by atoms with Gasteiger partial charge in [-0.25, -0.2) is 0 Å². The minimum Gasteiger partial charge on any atom is -0.387 e. The van der Waals surface area contributed by atoms with Crippen LogP contribution in [0.1, 0.15) is 46.0 Å². The average Bonchev–Trinajstić information content (AvgIpc) is 2.68. The molecule has 2 aliphatic heterocycles. The summed E-state index contributed by atoms with van der Waals surface area (Å²) in [5, 5.41) is 20.3. The van der Waals surface area contributed by atoms with Crippen LogP contribution in [0.4, 0.5) is 0 Å². The molecule has 2 fully saturated rings. The van der Waals surface area contributed by atoms with Crippen molar-refractivity contribution in [2.45, 2.75) is 57.6 Å². The first kappa shape index (κ1) is 11.9. The van der Waals surface area contributed by atoms with Gasteiger partial charge in [-0.15, -0.1) is 0 Å². The van der Waals surface area contributed by atoms with Crippen molar-refractivity contribution in [1.82, 2.24) is 4.90 Å². The van der Waals surface area contributed by atoms with E-state index in [0.717, 1.165) is 32.4 Å². The van der Waals surface area contributed by atoms with Gasteiger partial charge in [0.05, 0.1) is 17.1 Å². The molecule has 2 heterocycles. The first-order chi connectivity index (χ1) is 7.57. The molecular formula is C13H22N2O. The standard InChI is InChI=1S/C13H22N2O/c1-3-12(2,10-14)13(16)7-9-15-8-5-4-6-11(13)15/h11,16H,3-9H2,1-2H3. The van der Waals surface area contributed by atoms with Gasteiger partial charge in [-0.3, -0.25) is 4.90 Å². The Labute approximate surface area is 98.1 Å². The highest BCUT2D eigenvalue weighted by atomic mass is 16.3. The molecular weight excluding hydrogens is 200 g/mol. The Morgan fingerprint density at radius 3 is 2.88 bits per heavy atom. The molecule has 2 saturated heterocycles. The summed E-state index contributed by atoms with van der Waals surface area (Å²) in [6.07, 6.45) is 4.96. The predicted molar refractivity (Wildman–Crippen MR) is 62.8 cm³/mol. The molecule has 3 atom stereocenters. The first-order valence-electron chi connectivity index (χ1n) is 6.45. The van der Waals surface area contributed by atoms with E-state index in [2.05, 4.69) is 11.0 Å². The first-order valence-corrected chi connectivity index (χ1v) is 6.45. The molecule has 0 bridgehead atoms. The number of fused-ring (bicyclic) bond motifs is 1. The fourth-order valence-electron chi connectivity index (χ4n) is 3.41. The monoisotopic (exact) mass is 222 g/mol. The Hall–Kier alpha value is -0.590. The molecule has 1 N–H and O–H groups in total. The Bertz CT molecular complexity index is 312. The van der Waals surface area contributed by atoms with Gasteiger partial charge < -0.3 is 5.11 Å². The van der Waals surface area contributed by atoms with Crippen LogP contribution in [0.2, 0.25) is 0 Å². The molecule has 0 saturated carbocycles. The lowest BCUT2D eigenvalue weighted by molar-refractivity contribution is -0.0817. The molecule has 0 aromatic carbocycles. The molecule has 0 amide bonds. The van der Waals surface area contributed by atoms with Crippen molar-refractivity contribution in [2.75, 3.05) is 13.1 Å². The zero-order chi connectivity index (χ0) is 11.8. The van der Waals surface area contributed by atoms with Crippen molar-refractivity contribution in [3.05, 3.63) is 0 Å². The lowest BCUT2D eigenvalue weighted by Crippen LogP contribution is -2.55. The number of hydrogen-bond acceptors (Lipinski definition) is 3. The van der Waals surface area contributed by atoms with E-state index in [4.69, 9.17) is 0 Å². The van der Waals surface area contributed by atoms with Crippen LogP contribution >= 0.6 is 0 Å². The normalized spacial score (nSPS) is 38.8. The molecule has 0 radical (unpaired) electrons. The van der Waals surface area contributed by atoms with Gasteiger partial charge in [0.2, 0.25) is 0 Å². The SMILES string of the molecule is CCC(C)(C#N)C1(O)CCN2CCCCC21. The highest BCUT2D eigenvalue weighted by Gasteiger charge is 2.56. The summed E-state index contributed by atoms with van der Waals surface area (Å²) in [6.45, 7) is 5.98. The highest BCUT2D eigenvalue weighted by Crippen LogP contribution is 2.47. The summed E-state index contributed by atoms with van der Waals surface area (Å²) >= 11 is 0. The van der Waals surface area contributed by atoms with Crippen molar-refractivity contribution < 1.29 is 5.11 Å². The van der Waals surface area contributed by atoms with Gasteiger partial charge in [-0.2, -0.15) is 5.26 Å². The lowest BCUT2D eigenvalue weighted by atomic mass is 9.67. The highest BCUT2D eigenvalue weighted by molar-refractivity contribution is 5.16. The number of rotatable bonds is 2. The maximum Gasteiger partial charge on any atom is 0.0996 e. The predicted octanol–water partition coefficient (Wildman–Crippen LogP) is 1.92. The van der Waals surface area contributed by atoms with Crippen LogP contribution in [0.25, 0.3) is 0 Å². The van der Waals surface area contributed by atoms with Crippen molar-refractivity contribution in [3.63, 3.8) is 0 Å². The third-order valence-corrected chi connectivity index (χ3v) is 4.85. The van der Waals surface area contributed by atoms with Gasteiger partial charge in [0.1, 0.15) is 0 Å². The molecule has 0 aliphatic carbocycles. The van der Waals surface area contributed by atoms with Gasteiger partial charge >= 0.3 is 0 Å². The second kappa shape index (κ2) is 4.01. The van der Waals surface area contributed by atoms with E-state index in [1.807, 2.05) is 13.8 Å². The molecule has 16 heavy (non-hydrogen) atoms. The number of aliphatic hydroxyl groups is 1. The maximum absolute atomic E-state index is 10.9. The molecule has 0 spiro atoms. The van der Waals surface area contributed by atoms with Crippen LogP contribution in [0.5, 0.6) is 0 Å². The molecule has 3 nitrogen and oxygen atoms in total. The zero-order valence-electron chi connectivity index (χ0n) is 10.4. The third kappa shape index (κ3) is 1.48. The smallest absolute Gasteiger partial charge is 0.0996 e. The van der Waals surface area contributed by atoms with Gasteiger partial charge in [-0.1, -0.05) is 13.3 Å². The number of nitriles is 1. The van der Waals surface area contributed by atoms with Crippen molar-refractivity contribution in [1.29, 1.82) is 5.26 Å². The number of piperidine rings is 1. The van der Waals surface area contributed by atoms with E-state index in [-0.39, 0.29) is 6.04 Å². The van der Waals surface area contributed by atoms with E-state index >= 15 is 0 Å². The molecule has 3 unspecified atom stereocenters. The second-order valence-electron chi connectivity index (χ2n) is 5.52.